The first kappa shape index (κ1) is 10.5. The minimum Gasteiger partial charge on any atom is -0.344 e. The van der Waals surface area contributed by atoms with Crippen LogP contribution in [0.4, 0.5) is 0 Å². The first-order chi connectivity index (χ1) is 8.25. The summed E-state index contributed by atoms with van der Waals surface area (Å²) in [5.41, 5.74) is 9.82. The Morgan fingerprint density at radius 3 is 2.82 bits per heavy atom. The number of imidazole rings is 1. The molecule has 1 aromatic carbocycles. The number of nitrogens with two attached hydrogens (primary N) is 1. The third-order valence-electron chi connectivity index (χ3n) is 3.58. The van der Waals surface area contributed by atoms with Crippen molar-refractivity contribution < 1.29 is 0 Å². The van der Waals surface area contributed by atoms with Gasteiger partial charge in [0, 0.05) is 11.6 Å². The van der Waals surface area contributed by atoms with Crippen LogP contribution in [0.3, 0.4) is 0 Å². The molecule has 2 aromatic rings. The lowest BCUT2D eigenvalue weighted by Gasteiger charge is -2.09. The molecule has 0 radical (unpaired) electrons. The third kappa shape index (κ3) is 1.76. The molecule has 2 atom stereocenters. The molecule has 3 nitrogen and oxygen atoms in total. The van der Waals surface area contributed by atoms with Crippen molar-refractivity contribution in [2.24, 2.45) is 5.73 Å². The number of aromatic amines is 1. The van der Waals surface area contributed by atoms with Gasteiger partial charge < -0.3 is 10.7 Å². The fourth-order valence-corrected chi connectivity index (χ4v) is 2.51. The van der Waals surface area contributed by atoms with E-state index in [2.05, 4.69) is 16.9 Å². The Balaban J connectivity index is 1.93. The van der Waals surface area contributed by atoms with E-state index in [1.54, 1.807) is 0 Å². The van der Waals surface area contributed by atoms with Gasteiger partial charge in [0.05, 0.1) is 11.7 Å². The molecule has 3 heteroatoms. The number of nitrogens with zero attached hydrogens (tertiary/aromatic N) is 1. The van der Waals surface area contributed by atoms with E-state index >= 15 is 0 Å². The first-order valence-electron chi connectivity index (χ1n) is 6.15. The van der Waals surface area contributed by atoms with Crippen LogP contribution < -0.4 is 5.73 Å². The maximum Gasteiger partial charge on any atom is 0.128 e. The summed E-state index contributed by atoms with van der Waals surface area (Å²) >= 11 is 0. The molecule has 1 aliphatic carbocycles. The molecule has 88 valence electrons. The molecule has 17 heavy (non-hydrogen) atoms. The Bertz CT molecular complexity index is 516. The highest BCUT2D eigenvalue weighted by atomic mass is 15.0. The van der Waals surface area contributed by atoms with Crippen molar-refractivity contribution in [2.75, 3.05) is 0 Å². The lowest BCUT2D eigenvalue weighted by atomic mass is 10.1. The van der Waals surface area contributed by atoms with Gasteiger partial charge in [-0.2, -0.15) is 0 Å². The second-order valence-electron chi connectivity index (χ2n) is 4.81. The fourth-order valence-electron chi connectivity index (χ4n) is 2.51. The maximum absolute atomic E-state index is 6.23. The van der Waals surface area contributed by atoms with Gasteiger partial charge in [-0.1, -0.05) is 37.3 Å². The molecule has 0 fully saturated rings. The average Bonchev–Trinajstić information content (AvgIpc) is 2.92. The molecule has 0 saturated heterocycles. The zero-order valence-electron chi connectivity index (χ0n) is 9.98. The number of aryl methyl sites for hydroxylation is 1. The molecule has 1 aliphatic rings. The highest BCUT2D eigenvalue weighted by Gasteiger charge is 2.25. The van der Waals surface area contributed by atoms with E-state index in [9.17, 15) is 0 Å². The van der Waals surface area contributed by atoms with Crippen molar-refractivity contribution in [3.63, 3.8) is 0 Å². The van der Waals surface area contributed by atoms with Crippen LogP contribution in [0.5, 0.6) is 0 Å². The number of hydrogen-bond donors (Lipinski definition) is 2. The average molecular weight is 227 g/mol. The lowest BCUT2D eigenvalue weighted by molar-refractivity contribution is 0.702. The summed E-state index contributed by atoms with van der Waals surface area (Å²) in [5, 5.41) is 0. The van der Waals surface area contributed by atoms with E-state index in [4.69, 9.17) is 5.73 Å². The monoisotopic (exact) mass is 227 g/mol. The van der Waals surface area contributed by atoms with E-state index in [1.807, 2.05) is 30.3 Å². The van der Waals surface area contributed by atoms with E-state index in [0.717, 1.165) is 17.8 Å². The molecule has 0 saturated carbocycles. The second-order valence-corrected chi connectivity index (χ2v) is 4.81. The van der Waals surface area contributed by atoms with E-state index in [1.165, 1.54) is 17.8 Å². The number of benzene rings is 1. The number of aromatic nitrogens is 2. The summed E-state index contributed by atoms with van der Waals surface area (Å²) in [6.45, 7) is 2.23. The van der Waals surface area contributed by atoms with Crippen LogP contribution in [0.15, 0.2) is 30.3 Å². The lowest BCUT2D eigenvalue weighted by Crippen LogP contribution is -2.13. The van der Waals surface area contributed by atoms with Crippen LogP contribution >= 0.6 is 0 Å². The Morgan fingerprint density at radius 2 is 2.12 bits per heavy atom. The Morgan fingerprint density at radius 1 is 1.35 bits per heavy atom. The van der Waals surface area contributed by atoms with Gasteiger partial charge in [-0.05, 0) is 18.4 Å². The smallest absolute Gasteiger partial charge is 0.128 e. The first-order valence-corrected chi connectivity index (χ1v) is 6.15. The summed E-state index contributed by atoms with van der Waals surface area (Å²) < 4.78 is 0. The molecule has 0 spiro atoms. The third-order valence-corrected chi connectivity index (χ3v) is 3.58. The summed E-state index contributed by atoms with van der Waals surface area (Å²) in [4.78, 5) is 8.05. The minimum atomic E-state index is -0.144. The van der Waals surface area contributed by atoms with Gasteiger partial charge in [-0.15, -0.1) is 0 Å². The number of rotatable bonds is 2. The van der Waals surface area contributed by atoms with Gasteiger partial charge in [-0.3, -0.25) is 0 Å². The van der Waals surface area contributed by atoms with Crippen LogP contribution in [0, 0.1) is 0 Å². The zero-order chi connectivity index (χ0) is 11.8. The summed E-state index contributed by atoms with van der Waals surface area (Å²) in [6, 6.07) is 9.96. The molecule has 1 unspecified atom stereocenters. The standard InChI is InChI=1S/C14H17N3/c1-9-7-8-11-13(9)17-14(16-11)12(15)10-5-3-2-4-6-10/h2-6,9,12H,7-8,15H2,1H3,(H,16,17)/t9?,12-/m1/s1. The van der Waals surface area contributed by atoms with Gasteiger partial charge in [0.25, 0.3) is 0 Å². The van der Waals surface area contributed by atoms with Crippen molar-refractivity contribution in [2.45, 2.75) is 31.7 Å². The SMILES string of the molecule is CC1CCc2[nH]c([C@H](N)c3ccccc3)nc21. The van der Waals surface area contributed by atoms with Crippen molar-refractivity contribution >= 4 is 0 Å². The quantitative estimate of drug-likeness (QED) is 0.828. The van der Waals surface area contributed by atoms with Crippen molar-refractivity contribution in [1.29, 1.82) is 0 Å². The van der Waals surface area contributed by atoms with Crippen LogP contribution in [0.2, 0.25) is 0 Å². The van der Waals surface area contributed by atoms with Gasteiger partial charge in [0.1, 0.15) is 5.82 Å². The highest BCUT2D eigenvalue weighted by Crippen LogP contribution is 2.32. The second kappa shape index (κ2) is 4.00. The zero-order valence-corrected chi connectivity index (χ0v) is 9.98. The largest absolute Gasteiger partial charge is 0.344 e. The highest BCUT2D eigenvalue weighted by molar-refractivity contribution is 5.30. The van der Waals surface area contributed by atoms with Gasteiger partial charge >= 0.3 is 0 Å². The van der Waals surface area contributed by atoms with Gasteiger partial charge in [-0.25, -0.2) is 4.98 Å². The van der Waals surface area contributed by atoms with E-state index in [0.29, 0.717) is 5.92 Å². The van der Waals surface area contributed by atoms with Gasteiger partial charge in [0.2, 0.25) is 0 Å². The Kier molecular flexibility index (Phi) is 2.48. The Hall–Kier alpha value is -1.61. The van der Waals surface area contributed by atoms with Crippen LogP contribution in [-0.4, -0.2) is 9.97 Å². The van der Waals surface area contributed by atoms with E-state index < -0.39 is 0 Å². The summed E-state index contributed by atoms with van der Waals surface area (Å²) in [5.74, 6) is 1.46. The number of fused-ring (bicyclic) bond motifs is 1. The number of hydrogen-bond acceptors (Lipinski definition) is 2. The molecule has 1 heterocycles. The number of H-pyrrole nitrogens is 1. The fraction of sp³-hybridized carbons (Fsp3) is 0.357. The molecule has 0 bridgehead atoms. The maximum atomic E-state index is 6.23. The molecular formula is C14H17N3. The normalized spacial score (nSPS) is 20.2. The predicted molar refractivity (Wildman–Crippen MR) is 67.8 cm³/mol. The van der Waals surface area contributed by atoms with E-state index in [-0.39, 0.29) is 6.04 Å². The summed E-state index contributed by atoms with van der Waals surface area (Å²) in [6.07, 6.45) is 2.31. The molecular weight excluding hydrogens is 210 g/mol. The van der Waals surface area contributed by atoms with Crippen LogP contribution in [0.1, 0.15) is 48.1 Å². The Labute approximate surface area is 101 Å². The molecule has 0 aliphatic heterocycles. The van der Waals surface area contributed by atoms with Crippen molar-refractivity contribution in [3.05, 3.63) is 53.1 Å². The number of nitrogens with one attached hydrogen (secondary N) is 1. The minimum absolute atomic E-state index is 0.144. The molecule has 1 aromatic heterocycles. The predicted octanol–water partition coefficient (Wildman–Crippen LogP) is 2.51. The molecule has 3 rings (SSSR count). The van der Waals surface area contributed by atoms with Crippen LogP contribution in [-0.2, 0) is 6.42 Å². The van der Waals surface area contributed by atoms with Crippen LogP contribution in [0.25, 0.3) is 0 Å². The molecule has 0 amide bonds. The summed E-state index contributed by atoms with van der Waals surface area (Å²) in [7, 11) is 0. The van der Waals surface area contributed by atoms with Gasteiger partial charge in [0.15, 0.2) is 0 Å². The topological polar surface area (TPSA) is 54.7 Å². The van der Waals surface area contributed by atoms with Crippen molar-refractivity contribution in [1.82, 2.24) is 9.97 Å². The van der Waals surface area contributed by atoms with Crippen molar-refractivity contribution in [3.8, 4) is 0 Å². The molecule has 3 N–H and O–H groups in total.